The molecule has 0 amide bonds. The van der Waals surface area contributed by atoms with Gasteiger partial charge in [0.15, 0.2) is 5.78 Å². The summed E-state index contributed by atoms with van der Waals surface area (Å²) in [5.41, 5.74) is 0.802. The number of allylic oxidation sites excluding steroid dienone is 1. The molecule has 2 nitrogen and oxygen atoms in total. The number of nitrogens with one attached hydrogen (secondary N) is 1. The molecule has 0 aliphatic rings. The van der Waals surface area contributed by atoms with Crippen molar-refractivity contribution >= 4 is 5.78 Å². The van der Waals surface area contributed by atoms with Crippen molar-refractivity contribution in [3.05, 3.63) is 11.8 Å². The van der Waals surface area contributed by atoms with Gasteiger partial charge in [0.05, 0.1) is 0 Å². The van der Waals surface area contributed by atoms with Crippen LogP contribution in [0.2, 0.25) is 0 Å². The van der Waals surface area contributed by atoms with Gasteiger partial charge in [-0.3, -0.25) is 4.79 Å². The lowest BCUT2D eigenvalue weighted by molar-refractivity contribution is -0.113. The summed E-state index contributed by atoms with van der Waals surface area (Å²) in [5.74, 6) is 0.113. The summed E-state index contributed by atoms with van der Waals surface area (Å²) in [4.78, 5) is 10.8. The van der Waals surface area contributed by atoms with Crippen LogP contribution in [-0.4, -0.2) is 11.3 Å². The van der Waals surface area contributed by atoms with Gasteiger partial charge in [0, 0.05) is 17.3 Å². The summed E-state index contributed by atoms with van der Waals surface area (Å²) in [6.45, 7) is 9.53. The fourth-order valence-electron chi connectivity index (χ4n) is 0.426. The lowest BCUT2D eigenvalue weighted by atomic mass is 10.1. The van der Waals surface area contributed by atoms with Gasteiger partial charge in [-0.25, -0.2) is 0 Å². The van der Waals surface area contributed by atoms with E-state index in [1.54, 1.807) is 20.0 Å². The molecular formula is C9H17NO. The van der Waals surface area contributed by atoms with Crippen molar-refractivity contribution < 1.29 is 4.79 Å². The first-order valence-electron chi connectivity index (χ1n) is 3.78. The number of rotatable bonds is 2. The van der Waals surface area contributed by atoms with Gasteiger partial charge >= 0.3 is 0 Å². The highest BCUT2D eigenvalue weighted by atomic mass is 16.1. The predicted octanol–water partition coefficient (Wildman–Crippen LogP) is 1.87. The minimum atomic E-state index is 0.0384. The first kappa shape index (κ1) is 10.2. The van der Waals surface area contributed by atoms with E-state index in [-0.39, 0.29) is 11.3 Å². The molecule has 11 heavy (non-hydrogen) atoms. The fraction of sp³-hybridized carbons (Fsp3) is 0.667. The van der Waals surface area contributed by atoms with E-state index in [9.17, 15) is 4.79 Å². The second-order valence-electron chi connectivity index (χ2n) is 3.78. The lowest BCUT2D eigenvalue weighted by Gasteiger charge is -2.19. The van der Waals surface area contributed by atoms with Gasteiger partial charge in [0.1, 0.15) is 0 Å². The van der Waals surface area contributed by atoms with E-state index in [1.165, 1.54) is 0 Å². The van der Waals surface area contributed by atoms with Gasteiger partial charge in [0.25, 0.3) is 0 Å². The van der Waals surface area contributed by atoms with Crippen LogP contribution in [0.5, 0.6) is 0 Å². The quantitative estimate of drug-likeness (QED) is 0.617. The smallest absolute Gasteiger partial charge is 0.156 e. The van der Waals surface area contributed by atoms with Crippen LogP contribution in [0.25, 0.3) is 0 Å². The maximum absolute atomic E-state index is 10.8. The molecule has 0 fully saturated rings. The van der Waals surface area contributed by atoms with Crippen molar-refractivity contribution in [1.29, 1.82) is 0 Å². The fourth-order valence-corrected chi connectivity index (χ4v) is 0.426. The Morgan fingerprint density at radius 1 is 1.27 bits per heavy atom. The Hall–Kier alpha value is -0.790. The Morgan fingerprint density at radius 2 is 1.73 bits per heavy atom. The largest absolute Gasteiger partial charge is 0.386 e. The second-order valence-corrected chi connectivity index (χ2v) is 3.78. The molecule has 0 aromatic heterocycles. The molecule has 0 heterocycles. The maximum atomic E-state index is 10.8. The van der Waals surface area contributed by atoms with E-state index in [2.05, 4.69) is 26.1 Å². The van der Waals surface area contributed by atoms with E-state index in [0.29, 0.717) is 0 Å². The van der Waals surface area contributed by atoms with Gasteiger partial charge < -0.3 is 5.32 Å². The molecule has 0 saturated carbocycles. The summed E-state index contributed by atoms with van der Waals surface area (Å²) in [6, 6.07) is 0. The Bertz CT molecular complexity index is 174. The number of carbonyl (C=O) groups is 1. The monoisotopic (exact) mass is 155 g/mol. The molecule has 0 aromatic rings. The molecule has 1 N–H and O–H groups in total. The van der Waals surface area contributed by atoms with Crippen molar-refractivity contribution in [3.8, 4) is 0 Å². The highest BCUT2D eigenvalue weighted by Crippen LogP contribution is 2.00. The molecule has 64 valence electrons. The molecular weight excluding hydrogens is 138 g/mol. The summed E-state index contributed by atoms with van der Waals surface area (Å²) in [7, 11) is 0. The minimum absolute atomic E-state index is 0.0384. The zero-order valence-electron chi connectivity index (χ0n) is 7.99. The summed E-state index contributed by atoms with van der Waals surface area (Å²) in [6.07, 6.45) is 1.77. The molecule has 0 aliphatic carbocycles. The van der Waals surface area contributed by atoms with Crippen LogP contribution in [0.3, 0.4) is 0 Å². The van der Waals surface area contributed by atoms with Crippen LogP contribution in [0.15, 0.2) is 11.8 Å². The number of ketones is 1. The molecule has 0 radical (unpaired) electrons. The Morgan fingerprint density at radius 3 is 2.00 bits per heavy atom. The normalized spacial score (nSPS) is 13.0. The predicted molar refractivity (Wildman–Crippen MR) is 47.3 cm³/mol. The lowest BCUT2D eigenvalue weighted by Crippen LogP contribution is -2.31. The van der Waals surface area contributed by atoms with Crippen molar-refractivity contribution in [3.63, 3.8) is 0 Å². The standard InChI is InChI=1S/C9H17NO/c1-7(8(2)11)6-10-9(3,4)5/h6,10H,1-5H3. The third kappa shape index (κ3) is 5.64. The van der Waals surface area contributed by atoms with Gasteiger partial charge in [-0.15, -0.1) is 0 Å². The average Bonchev–Trinajstić information content (AvgIpc) is 1.80. The first-order chi connectivity index (χ1) is 4.83. The van der Waals surface area contributed by atoms with Gasteiger partial charge in [-0.05, 0) is 34.6 Å². The van der Waals surface area contributed by atoms with E-state index in [0.717, 1.165) is 5.57 Å². The van der Waals surface area contributed by atoms with Crippen LogP contribution in [0.1, 0.15) is 34.6 Å². The average molecular weight is 155 g/mol. The number of hydrogen-bond donors (Lipinski definition) is 1. The third-order valence-corrected chi connectivity index (χ3v) is 1.28. The third-order valence-electron chi connectivity index (χ3n) is 1.28. The minimum Gasteiger partial charge on any atom is -0.386 e. The van der Waals surface area contributed by atoms with Gasteiger partial charge in [0.2, 0.25) is 0 Å². The van der Waals surface area contributed by atoms with Crippen molar-refractivity contribution in [1.82, 2.24) is 5.32 Å². The topological polar surface area (TPSA) is 29.1 Å². The molecule has 0 spiro atoms. The molecule has 2 heteroatoms. The molecule has 0 saturated heterocycles. The van der Waals surface area contributed by atoms with E-state index in [4.69, 9.17) is 0 Å². The molecule has 0 bridgehead atoms. The number of carbonyl (C=O) groups excluding carboxylic acids is 1. The highest BCUT2D eigenvalue weighted by molar-refractivity contribution is 5.92. The maximum Gasteiger partial charge on any atom is 0.156 e. The van der Waals surface area contributed by atoms with Crippen LogP contribution < -0.4 is 5.32 Å². The van der Waals surface area contributed by atoms with Crippen LogP contribution in [0.4, 0.5) is 0 Å². The molecule has 0 rings (SSSR count). The van der Waals surface area contributed by atoms with E-state index < -0.39 is 0 Å². The zero-order valence-corrected chi connectivity index (χ0v) is 7.99. The highest BCUT2D eigenvalue weighted by Gasteiger charge is 2.06. The molecule has 0 atom stereocenters. The summed E-state index contributed by atoms with van der Waals surface area (Å²) in [5, 5.41) is 3.12. The van der Waals surface area contributed by atoms with Crippen LogP contribution in [-0.2, 0) is 4.79 Å². The van der Waals surface area contributed by atoms with E-state index >= 15 is 0 Å². The first-order valence-corrected chi connectivity index (χ1v) is 3.78. The SMILES string of the molecule is CC(=O)C(C)=CNC(C)(C)C. The Kier molecular flexibility index (Phi) is 3.30. The molecule has 0 unspecified atom stereocenters. The summed E-state index contributed by atoms with van der Waals surface area (Å²) >= 11 is 0. The van der Waals surface area contributed by atoms with Crippen molar-refractivity contribution in [2.45, 2.75) is 40.2 Å². The van der Waals surface area contributed by atoms with Crippen LogP contribution in [0, 0.1) is 0 Å². The van der Waals surface area contributed by atoms with Gasteiger partial charge in [-0.1, -0.05) is 0 Å². The Labute approximate surface area is 68.7 Å². The van der Waals surface area contributed by atoms with Crippen molar-refractivity contribution in [2.24, 2.45) is 0 Å². The zero-order chi connectivity index (χ0) is 9.07. The Balaban J connectivity index is 4.04. The van der Waals surface area contributed by atoms with Crippen LogP contribution >= 0.6 is 0 Å². The van der Waals surface area contributed by atoms with E-state index in [1.807, 2.05) is 0 Å². The number of Topliss-reactive ketones (excluding diaryl/α,β-unsaturated/α-hetero) is 1. The van der Waals surface area contributed by atoms with Crippen molar-refractivity contribution in [2.75, 3.05) is 0 Å². The van der Waals surface area contributed by atoms with Gasteiger partial charge in [-0.2, -0.15) is 0 Å². The molecule has 0 aliphatic heterocycles. The second kappa shape index (κ2) is 3.56. The summed E-state index contributed by atoms with van der Waals surface area (Å²) < 4.78 is 0. The number of hydrogen-bond acceptors (Lipinski definition) is 2. The molecule has 0 aromatic carbocycles.